The van der Waals surface area contributed by atoms with E-state index in [1.165, 1.54) is 6.08 Å². The molecule has 0 unspecified atom stereocenters. The summed E-state index contributed by atoms with van der Waals surface area (Å²) in [5.41, 5.74) is 0. The Morgan fingerprint density at radius 2 is 1.75 bits per heavy atom. The molecule has 0 saturated carbocycles. The van der Waals surface area contributed by atoms with Crippen molar-refractivity contribution in [2.75, 3.05) is 6.61 Å². The van der Waals surface area contributed by atoms with Crippen LogP contribution in [0.4, 0.5) is 0 Å². The van der Waals surface area contributed by atoms with Crippen LogP contribution in [-0.2, 0) is 28.7 Å². The summed E-state index contributed by atoms with van der Waals surface area (Å²) in [4.78, 5) is 42.4. The molecule has 0 aliphatic carbocycles. The Kier molecular flexibility index (Phi) is 7.31. The predicted molar refractivity (Wildman–Crippen MR) is 52.2 cm³/mol. The average molecular weight is 228 g/mol. The molecule has 0 spiro atoms. The van der Waals surface area contributed by atoms with Crippen LogP contribution in [0.1, 0.15) is 19.8 Å². The first-order chi connectivity index (χ1) is 7.60. The van der Waals surface area contributed by atoms with Crippen LogP contribution in [0, 0.1) is 0 Å². The van der Waals surface area contributed by atoms with Crippen LogP contribution < -0.4 is 0 Å². The van der Waals surface area contributed by atoms with Gasteiger partial charge in [0.2, 0.25) is 0 Å². The monoisotopic (exact) mass is 228 g/mol. The largest absolute Gasteiger partial charge is 0.458 e. The topological polar surface area (TPSA) is 86.7 Å². The molecule has 0 aromatic rings. The summed E-state index contributed by atoms with van der Waals surface area (Å²) in [7, 11) is 0. The van der Waals surface area contributed by atoms with E-state index in [4.69, 9.17) is 0 Å². The molecule has 0 aromatic heterocycles. The van der Waals surface area contributed by atoms with Crippen molar-refractivity contribution in [3.8, 4) is 0 Å². The van der Waals surface area contributed by atoms with Crippen LogP contribution in [0.25, 0.3) is 0 Å². The summed E-state index contributed by atoms with van der Waals surface area (Å²) in [6.07, 6.45) is 2.44. The highest BCUT2D eigenvalue weighted by molar-refractivity contribution is 5.92. The normalized spacial score (nSPS) is 9.81. The highest BCUT2D eigenvalue weighted by Crippen LogP contribution is 1.96. The summed E-state index contributed by atoms with van der Waals surface area (Å²) < 4.78 is 8.68. The molecule has 6 heteroatoms. The van der Waals surface area contributed by atoms with E-state index < -0.39 is 17.9 Å². The molecule has 0 amide bonds. The Balaban J connectivity index is 3.76. The van der Waals surface area contributed by atoms with Crippen molar-refractivity contribution >= 4 is 24.2 Å². The minimum Gasteiger partial charge on any atom is -0.458 e. The van der Waals surface area contributed by atoms with Crippen LogP contribution in [0.5, 0.6) is 0 Å². The number of allylic oxidation sites excluding steroid dienone is 1. The standard InChI is InChI=1S/C10H12O6/c1-2-3-9(13)16-10(14)5-4-8(12)15-7-6-11/h2-3,6H,4-5,7H2,1H3. The summed E-state index contributed by atoms with van der Waals surface area (Å²) in [6, 6.07) is 0. The van der Waals surface area contributed by atoms with Crippen LogP contribution in [0.3, 0.4) is 0 Å². The molecule has 0 fully saturated rings. The molecule has 16 heavy (non-hydrogen) atoms. The molecule has 6 nitrogen and oxygen atoms in total. The van der Waals surface area contributed by atoms with Gasteiger partial charge < -0.3 is 9.47 Å². The van der Waals surface area contributed by atoms with Crippen molar-refractivity contribution in [2.45, 2.75) is 19.8 Å². The summed E-state index contributed by atoms with van der Waals surface area (Å²) in [5.74, 6) is -2.29. The van der Waals surface area contributed by atoms with Gasteiger partial charge >= 0.3 is 17.9 Å². The molecule has 0 N–H and O–H groups in total. The number of hydrogen-bond donors (Lipinski definition) is 0. The maximum absolute atomic E-state index is 11.0. The molecule has 0 rings (SSSR count). The molecule has 0 aromatic carbocycles. The van der Waals surface area contributed by atoms with E-state index in [1.807, 2.05) is 0 Å². The molecular formula is C10H12O6. The summed E-state index contributed by atoms with van der Waals surface area (Å²) in [5, 5.41) is 0. The lowest BCUT2D eigenvalue weighted by Gasteiger charge is -2.00. The highest BCUT2D eigenvalue weighted by Gasteiger charge is 2.11. The molecule has 0 aliphatic rings. The van der Waals surface area contributed by atoms with Gasteiger partial charge in [0.15, 0.2) is 6.29 Å². The fourth-order valence-corrected chi connectivity index (χ4v) is 0.737. The van der Waals surface area contributed by atoms with Crippen LogP contribution in [0.2, 0.25) is 0 Å². The third kappa shape index (κ3) is 7.43. The Hall–Kier alpha value is -1.98. The lowest BCUT2D eigenvalue weighted by molar-refractivity contribution is -0.158. The fraction of sp³-hybridized carbons (Fsp3) is 0.400. The third-order valence-electron chi connectivity index (χ3n) is 1.36. The van der Waals surface area contributed by atoms with Crippen molar-refractivity contribution in [3.05, 3.63) is 12.2 Å². The number of esters is 3. The first-order valence-electron chi connectivity index (χ1n) is 4.56. The minimum atomic E-state index is -0.814. The zero-order valence-electron chi connectivity index (χ0n) is 8.80. The van der Waals surface area contributed by atoms with Crippen molar-refractivity contribution in [1.82, 2.24) is 0 Å². The fourth-order valence-electron chi connectivity index (χ4n) is 0.737. The number of aldehydes is 1. The quantitative estimate of drug-likeness (QED) is 0.278. The van der Waals surface area contributed by atoms with E-state index in [0.29, 0.717) is 6.29 Å². The van der Waals surface area contributed by atoms with Gasteiger partial charge in [0.25, 0.3) is 0 Å². The zero-order valence-corrected chi connectivity index (χ0v) is 8.80. The Morgan fingerprint density at radius 3 is 2.31 bits per heavy atom. The van der Waals surface area contributed by atoms with E-state index in [2.05, 4.69) is 9.47 Å². The van der Waals surface area contributed by atoms with Gasteiger partial charge in [-0.3, -0.25) is 14.4 Å². The average Bonchev–Trinajstić information content (AvgIpc) is 2.23. The van der Waals surface area contributed by atoms with Gasteiger partial charge in [0.1, 0.15) is 6.61 Å². The molecule has 0 aliphatic heterocycles. The Morgan fingerprint density at radius 1 is 1.12 bits per heavy atom. The molecule has 0 bridgehead atoms. The first kappa shape index (κ1) is 14.0. The smallest absolute Gasteiger partial charge is 0.338 e. The number of hydrogen-bond acceptors (Lipinski definition) is 6. The second-order valence-electron chi connectivity index (χ2n) is 2.64. The highest BCUT2D eigenvalue weighted by atomic mass is 16.6. The third-order valence-corrected chi connectivity index (χ3v) is 1.36. The molecule has 0 radical (unpaired) electrons. The van der Waals surface area contributed by atoms with Crippen LogP contribution in [-0.4, -0.2) is 30.8 Å². The molecule has 0 atom stereocenters. The van der Waals surface area contributed by atoms with Crippen LogP contribution >= 0.6 is 0 Å². The number of carbonyl (C=O) groups is 4. The molecule has 88 valence electrons. The Bertz CT molecular complexity index is 304. The van der Waals surface area contributed by atoms with Gasteiger partial charge in [-0.1, -0.05) is 6.08 Å². The number of rotatable bonds is 6. The van der Waals surface area contributed by atoms with Gasteiger partial charge in [-0.15, -0.1) is 0 Å². The minimum absolute atomic E-state index is 0.226. The Labute approximate surface area is 92.2 Å². The van der Waals surface area contributed by atoms with E-state index in [0.717, 1.165) is 6.08 Å². The van der Waals surface area contributed by atoms with E-state index in [-0.39, 0.29) is 19.4 Å². The lowest BCUT2D eigenvalue weighted by atomic mass is 10.3. The predicted octanol–water partition coefficient (Wildman–Crippen LogP) is 0.155. The van der Waals surface area contributed by atoms with E-state index >= 15 is 0 Å². The molecule has 0 saturated heterocycles. The van der Waals surface area contributed by atoms with Crippen molar-refractivity contribution in [3.63, 3.8) is 0 Å². The number of ether oxygens (including phenoxy) is 2. The van der Waals surface area contributed by atoms with E-state index in [9.17, 15) is 19.2 Å². The second kappa shape index (κ2) is 8.34. The van der Waals surface area contributed by atoms with Gasteiger partial charge in [-0.2, -0.15) is 0 Å². The summed E-state index contributed by atoms with van der Waals surface area (Å²) >= 11 is 0. The van der Waals surface area contributed by atoms with Crippen molar-refractivity contribution in [1.29, 1.82) is 0 Å². The number of carbonyl (C=O) groups excluding carboxylic acids is 4. The van der Waals surface area contributed by atoms with Gasteiger partial charge in [0.05, 0.1) is 12.8 Å². The second-order valence-corrected chi connectivity index (χ2v) is 2.64. The first-order valence-corrected chi connectivity index (χ1v) is 4.56. The lowest BCUT2D eigenvalue weighted by Crippen LogP contribution is -2.13. The van der Waals surface area contributed by atoms with Crippen molar-refractivity contribution in [2.24, 2.45) is 0 Å². The van der Waals surface area contributed by atoms with Crippen LogP contribution in [0.15, 0.2) is 12.2 Å². The maximum atomic E-state index is 11.0. The maximum Gasteiger partial charge on any atom is 0.338 e. The molecular weight excluding hydrogens is 216 g/mol. The van der Waals surface area contributed by atoms with E-state index in [1.54, 1.807) is 6.92 Å². The van der Waals surface area contributed by atoms with Gasteiger partial charge in [0, 0.05) is 6.08 Å². The van der Waals surface area contributed by atoms with Gasteiger partial charge in [-0.25, -0.2) is 4.79 Å². The zero-order chi connectivity index (χ0) is 12.4. The molecule has 0 heterocycles. The SMILES string of the molecule is CC=CC(=O)OC(=O)CCC(=O)OCC=O. The van der Waals surface area contributed by atoms with Crippen molar-refractivity contribution < 1.29 is 28.7 Å². The summed E-state index contributed by atoms with van der Waals surface area (Å²) in [6.45, 7) is 1.26. The van der Waals surface area contributed by atoms with Gasteiger partial charge in [-0.05, 0) is 6.92 Å².